The molecular formula is C30H26Cl2N4O4. The fourth-order valence-electron chi connectivity index (χ4n) is 5.75. The number of carbonyl (C=O) groups is 2. The maximum Gasteiger partial charge on any atom is 0.280 e. The highest BCUT2D eigenvalue weighted by Gasteiger charge is 2.64. The molecule has 0 fully saturated rings. The number of benzene rings is 3. The Morgan fingerprint density at radius 3 is 2.50 bits per heavy atom. The van der Waals surface area contributed by atoms with Gasteiger partial charge in [-0.25, -0.2) is 4.98 Å². The number of aromatic nitrogens is 2. The van der Waals surface area contributed by atoms with Crippen LogP contribution in [0.15, 0.2) is 60.7 Å². The molecule has 0 radical (unpaired) electrons. The first-order valence-electron chi connectivity index (χ1n) is 12.9. The van der Waals surface area contributed by atoms with Crippen LogP contribution >= 0.6 is 23.2 Å². The Morgan fingerprint density at radius 1 is 1.02 bits per heavy atom. The Labute approximate surface area is 241 Å². The van der Waals surface area contributed by atoms with Crippen molar-refractivity contribution in [2.75, 3.05) is 23.9 Å². The number of nitrogens with zero attached hydrogens (tertiary/aromatic N) is 3. The Bertz CT molecular complexity index is 1700. The third-order valence-corrected chi connectivity index (χ3v) is 7.72. The number of methoxy groups -OCH3 is 1. The van der Waals surface area contributed by atoms with Crippen molar-refractivity contribution in [1.82, 2.24) is 9.55 Å². The van der Waals surface area contributed by atoms with Crippen molar-refractivity contribution < 1.29 is 19.1 Å². The van der Waals surface area contributed by atoms with Gasteiger partial charge in [0.1, 0.15) is 17.3 Å². The molecule has 1 spiro atoms. The number of carbonyl (C=O) groups excluding carboxylic acids is 2. The summed E-state index contributed by atoms with van der Waals surface area (Å²) in [6.07, 6.45) is 0. The van der Waals surface area contributed by atoms with E-state index in [0.29, 0.717) is 62.2 Å². The predicted molar refractivity (Wildman–Crippen MR) is 155 cm³/mol. The number of ether oxygens (including phenoxy) is 2. The van der Waals surface area contributed by atoms with Gasteiger partial charge in [-0.1, -0.05) is 35.3 Å². The molecule has 4 aromatic rings. The minimum Gasteiger partial charge on any atom is -0.496 e. The second kappa shape index (κ2) is 9.57. The van der Waals surface area contributed by atoms with Gasteiger partial charge in [-0.3, -0.25) is 14.5 Å². The summed E-state index contributed by atoms with van der Waals surface area (Å²) in [5.41, 5.74) is 1.37. The van der Waals surface area contributed by atoms with E-state index >= 15 is 0 Å². The minimum atomic E-state index is -1.55. The van der Waals surface area contributed by atoms with Gasteiger partial charge in [-0.05, 0) is 63.2 Å². The summed E-state index contributed by atoms with van der Waals surface area (Å²) >= 11 is 12.7. The number of hydrogen-bond donors (Lipinski definition) is 1. The lowest BCUT2D eigenvalue weighted by Crippen LogP contribution is -2.51. The van der Waals surface area contributed by atoms with E-state index in [1.165, 1.54) is 4.90 Å². The molecule has 1 atom stereocenters. The van der Waals surface area contributed by atoms with Crippen molar-refractivity contribution in [2.45, 2.75) is 32.4 Å². The fourth-order valence-corrected chi connectivity index (χ4v) is 6.11. The Hall–Kier alpha value is -4.01. The second-order valence-corrected chi connectivity index (χ2v) is 10.7. The number of nitrogens with one attached hydrogen (secondary N) is 1. The van der Waals surface area contributed by atoms with Crippen LogP contribution in [0.1, 0.15) is 48.6 Å². The number of hydrogen-bond acceptors (Lipinski definition) is 5. The van der Waals surface area contributed by atoms with Crippen molar-refractivity contribution in [3.05, 3.63) is 87.7 Å². The normalized spacial score (nSPS) is 17.4. The smallest absolute Gasteiger partial charge is 0.280 e. The van der Waals surface area contributed by atoms with Crippen molar-refractivity contribution in [3.63, 3.8) is 0 Å². The second-order valence-electron chi connectivity index (χ2n) is 9.87. The zero-order valence-corrected chi connectivity index (χ0v) is 23.8. The average Bonchev–Trinajstić information content (AvgIpc) is 3.52. The van der Waals surface area contributed by atoms with Crippen LogP contribution in [0.2, 0.25) is 10.0 Å². The standard InChI is InChI=1S/C30H26Cl2N4O4/c1-5-40-20-10-11-21(24(15-20)39-4)27-34-25-26(35(27)16(2)3)30(22-12-9-18(32)14-23(22)33-29(30)38)36(28(25)37)19-8-6-7-17(31)13-19/h6-16H,5H2,1-4H3,(H,33,38)/t30-/m1/s1. The lowest BCUT2D eigenvalue weighted by Gasteiger charge is -2.35. The summed E-state index contributed by atoms with van der Waals surface area (Å²) in [6.45, 7) is 6.39. The van der Waals surface area contributed by atoms with Gasteiger partial charge in [-0.15, -0.1) is 0 Å². The molecule has 1 aromatic heterocycles. The van der Waals surface area contributed by atoms with E-state index in [-0.39, 0.29) is 17.6 Å². The highest BCUT2D eigenvalue weighted by Crippen LogP contribution is 2.54. The van der Waals surface area contributed by atoms with Gasteiger partial charge in [0, 0.05) is 39.1 Å². The largest absolute Gasteiger partial charge is 0.496 e. The maximum absolute atomic E-state index is 14.4. The van der Waals surface area contributed by atoms with Gasteiger partial charge in [0.05, 0.1) is 25.0 Å². The zero-order valence-electron chi connectivity index (χ0n) is 22.3. The molecule has 2 aliphatic heterocycles. The van der Waals surface area contributed by atoms with Crippen LogP contribution < -0.4 is 19.7 Å². The molecule has 3 aromatic carbocycles. The Kier molecular flexibility index (Phi) is 6.27. The molecule has 3 heterocycles. The topological polar surface area (TPSA) is 85.7 Å². The highest BCUT2D eigenvalue weighted by molar-refractivity contribution is 6.32. The summed E-state index contributed by atoms with van der Waals surface area (Å²) in [4.78, 5) is 35.0. The molecule has 40 heavy (non-hydrogen) atoms. The molecule has 10 heteroatoms. The van der Waals surface area contributed by atoms with E-state index in [9.17, 15) is 9.59 Å². The summed E-state index contributed by atoms with van der Waals surface area (Å²) < 4.78 is 13.3. The van der Waals surface area contributed by atoms with Crippen LogP contribution in [-0.2, 0) is 10.3 Å². The van der Waals surface area contributed by atoms with Crippen molar-refractivity contribution in [2.24, 2.45) is 0 Å². The fraction of sp³-hybridized carbons (Fsp3) is 0.233. The number of halogens is 2. The third-order valence-electron chi connectivity index (χ3n) is 7.25. The first-order valence-corrected chi connectivity index (χ1v) is 13.6. The highest BCUT2D eigenvalue weighted by atomic mass is 35.5. The summed E-state index contributed by atoms with van der Waals surface area (Å²) in [5.74, 6) is 0.893. The zero-order chi connectivity index (χ0) is 28.3. The molecule has 2 amide bonds. The van der Waals surface area contributed by atoms with E-state index in [4.69, 9.17) is 37.7 Å². The molecule has 204 valence electrons. The van der Waals surface area contributed by atoms with Crippen LogP contribution in [0.5, 0.6) is 11.5 Å². The molecule has 6 rings (SSSR count). The lowest BCUT2D eigenvalue weighted by atomic mass is 9.87. The summed E-state index contributed by atoms with van der Waals surface area (Å²) in [6, 6.07) is 17.4. The monoisotopic (exact) mass is 576 g/mol. The van der Waals surface area contributed by atoms with E-state index in [1.807, 2.05) is 37.5 Å². The SMILES string of the molecule is CCOc1ccc(-c2nc3c(n2C(C)C)[C@]2(C(=O)Nc4cc(Cl)ccc42)N(c2cccc(Cl)c2)C3=O)c(OC)c1. The molecule has 0 saturated carbocycles. The van der Waals surface area contributed by atoms with Crippen molar-refractivity contribution in [3.8, 4) is 22.9 Å². The quantitative estimate of drug-likeness (QED) is 0.276. The molecule has 0 bridgehead atoms. The summed E-state index contributed by atoms with van der Waals surface area (Å²) in [5, 5.41) is 3.87. The number of amides is 2. The lowest BCUT2D eigenvalue weighted by molar-refractivity contribution is -0.119. The third kappa shape index (κ3) is 3.63. The first-order chi connectivity index (χ1) is 19.2. The van der Waals surface area contributed by atoms with E-state index < -0.39 is 11.4 Å². The van der Waals surface area contributed by atoms with Crippen LogP contribution in [0, 0.1) is 0 Å². The average molecular weight is 577 g/mol. The van der Waals surface area contributed by atoms with Gasteiger partial charge in [-0.2, -0.15) is 0 Å². The van der Waals surface area contributed by atoms with Crippen LogP contribution in [0.3, 0.4) is 0 Å². The number of imidazole rings is 1. The molecule has 0 aliphatic carbocycles. The summed E-state index contributed by atoms with van der Waals surface area (Å²) in [7, 11) is 1.57. The van der Waals surface area contributed by atoms with Gasteiger partial charge in [0.2, 0.25) is 0 Å². The maximum atomic E-state index is 14.4. The predicted octanol–water partition coefficient (Wildman–Crippen LogP) is 6.70. The molecule has 0 unspecified atom stereocenters. The van der Waals surface area contributed by atoms with Gasteiger partial charge in [0.15, 0.2) is 11.2 Å². The molecule has 8 nitrogen and oxygen atoms in total. The number of anilines is 2. The van der Waals surface area contributed by atoms with Crippen molar-refractivity contribution >= 4 is 46.4 Å². The van der Waals surface area contributed by atoms with E-state index in [0.717, 1.165) is 0 Å². The molecule has 2 aliphatic rings. The van der Waals surface area contributed by atoms with Gasteiger partial charge < -0.3 is 19.4 Å². The molecular weight excluding hydrogens is 551 g/mol. The van der Waals surface area contributed by atoms with E-state index in [2.05, 4.69) is 5.32 Å². The first kappa shape index (κ1) is 26.2. The van der Waals surface area contributed by atoms with Crippen LogP contribution in [-0.4, -0.2) is 35.1 Å². The van der Waals surface area contributed by atoms with Gasteiger partial charge in [0.25, 0.3) is 11.8 Å². The molecule has 0 saturated heterocycles. The molecule has 1 N–H and O–H groups in total. The Morgan fingerprint density at radius 2 is 1.80 bits per heavy atom. The Balaban J connectivity index is 1.69. The van der Waals surface area contributed by atoms with Crippen LogP contribution in [0.25, 0.3) is 11.4 Å². The van der Waals surface area contributed by atoms with Crippen molar-refractivity contribution in [1.29, 1.82) is 0 Å². The van der Waals surface area contributed by atoms with Crippen LogP contribution in [0.4, 0.5) is 11.4 Å². The van der Waals surface area contributed by atoms with Gasteiger partial charge >= 0.3 is 0 Å². The number of fused-ring (bicyclic) bond motifs is 4. The minimum absolute atomic E-state index is 0.178. The van der Waals surface area contributed by atoms with E-state index in [1.54, 1.807) is 55.6 Å². The number of rotatable bonds is 6.